The molecule has 0 atom stereocenters. The molecule has 2 aromatic rings. The molecule has 3 nitrogen and oxygen atoms in total. The lowest BCUT2D eigenvalue weighted by atomic mass is 10.1. The first kappa shape index (κ1) is 13.8. The SMILES string of the molecule is N#Cc1ccc(C(=O)Nc2cc(Br)ccc2Br)cc1. The van der Waals surface area contributed by atoms with Gasteiger partial charge in [0.2, 0.25) is 0 Å². The van der Waals surface area contributed by atoms with E-state index in [0.717, 1.165) is 8.95 Å². The molecule has 0 aliphatic rings. The molecular formula is C14H8Br2N2O. The molecule has 0 aliphatic heterocycles. The molecule has 94 valence electrons. The maximum atomic E-state index is 12.0. The van der Waals surface area contributed by atoms with Gasteiger partial charge in [-0.2, -0.15) is 5.26 Å². The van der Waals surface area contributed by atoms with Crippen LogP contribution in [0.15, 0.2) is 51.4 Å². The van der Waals surface area contributed by atoms with Gasteiger partial charge in [-0.1, -0.05) is 15.9 Å². The maximum absolute atomic E-state index is 12.0. The van der Waals surface area contributed by atoms with Crippen molar-refractivity contribution in [3.05, 3.63) is 62.5 Å². The van der Waals surface area contributed by atoms with Crippen LogP contribution in [0.3, 0.4) is 0 Å². The summed E-state index contributed by atoms with van der Waals surface area (Å²) in [5, 5.41) is 11.5. The third-order valence-electron chi connectivity index (χ3n) is 2.45. The van der Waals surface area contributed by atoms with Crippen LogP contribution >= 0.6 is 31.9 Å². The van der Waals surface area contributed by atoms with Gasteiger partial charge in [-0.25, -0.2) is 0 Å². The number of nitrogens with one attached hydrogen (secondary N) is 1. The summed E-state index contributed by atoms with van der Waals surface area (Å²) in [5.41, 5.74) is 1.72. The molecular weight excluding hydrogens is 372 g/mol. The van der Waals surface area contributed by atoms with Crippen molar-refractivity contribution in [2.45, 2.75) is 0 Å². The second kappa shape index (κ2) is 6.00. The number of hydrogen-bond acceptors (Lipinski definition) is 2. The van der Waals surface area contributed by atoms with E-state index in [9.17, 15) is 4.79 Å². The van der Waals surface area contributed by atoms with Crippen molar-refractivity contribution in [1.82, 2.24) is 0 Å². The standard InChI is InChI=1S/C14H8Br2N2O/c15-11-5-6-12(16)13(7-11)18-14(19)10-3-1-9(8-17)2-4-10/h1-7H,(H,18,19). The smallest absolute Gasteiger partial charge is 0.255 e. The topological polar surface area (TPSA) is 52.9 Å². The Morgan fingerprint density at radius 2 is 1.79 bits per heavy atom. The number of carbonyl (C=O) groups is 1. The van der Waals surface area contributed by atoms with E-state index in [1.54, 1.807) is 24.3 Å². The summed E-state index contributed by atoms with van der Waals surface area (Å²) in [6.07, 6.45) is 0. The van der Waals surface area contributed by atoms with Crippen molar-refractivity contribution in [2.24, 2.45) is 0 Å². The summed E-state index contributed by atoms with van der Waals surface area (Å²) in [4.78, 5) is 12.0. The minimum absolute atomic E-state index is 0.219. The Kier molecular flexibility index (Phi) is 4.35. The molecule has 2 rings (SSSR count). The Hall–Kier alpha value is -1.64. The van der Waals surface area contributed by atoms with E-state index in [1.807, 2.05) is 24.3 Å². The Bertz CT molecular complexity index is 660. The van der Waals surface area contributed by atoms with E-state index in [1.165, 1.54) is 0 Å². The average molecular weight is 380 g/mol. The second-order valence-corrected chi connectivity index (χ2v) is 5.54. The first-order valence-corrected chi connectivity index (χ1v) is 6.95. The third-order valence-corrected chi connectivity index (χ3v) is 3.64. The summed E-state index contributed by atoms with van der Waals surface area (Å²) in [6, 6.07) is 14.0. The van der Waals surface area contributed by atoms with Gasteiger partial charge in [0.1, 0.15) is 0 Å². The Morgan fingerprint density at radius 1 is 1.11 bits per heavy atom. The Labute approximate surface area is 127 Å². The van der Waals surface area contributed by atoms with E-state index in [4.69, 9.17) is 5.26 Å². The van der Waals surface area contributed by atoms with Gasteiger partial charge < -0.3 is 5.32 Å². The van der Waals surface area contributed by atoms with Crippen LogP contribution in [-0.4, -0.2) is 5.91 Å². The fourth-order valence-electron chi connectivity index (χ4n) is 1.48. The fraction of sp³-hybridized carbons (Fsp3) is 0. The first-order valence-electron chi connectivity index (χ1n) is 5.37. The second-order valence-electron chi connectivity index (χ2n) is 3.77. The predicted molar refractivity (Wildman–Crippen MR) is 81.0 cm³/mol. The molecule has 0 heterocycles. The highest BCUT2D eigenvalue weighted by molar-refractivity contribution is 9.11. The molecule has 19 heavy (non-hydrogen) atoms. The highest BCUT2D eigenvalue weighted by Gasteiger charge is 2.08. The highest BCUT2D eigenvalue weighted by atomic mass is 79.9. The molecule has 0 fully saturated rings. The van der Waals surface area contributed by atoms with E-state index in [2.05, 4.69) is 37.2 Å². The number of rotatable bonds is 2. The normalized spacial score (nSPS) is 9.74. The quantitative estimate of drug-likeness (QED) is 0.843. The van der Waals surface area contributed by atoms with Crippen molar-refractivity contribution >= 4 is 43.5 Å². The number of hydrogen-bond donors (Lipinski definition) is 1. The summed E-state index contributed by atoms with van der Waals surface area (Å²) in [6.45, 7) is 0. The van der Waals surface area contributed by atoms with Crippen molar-refractivity contribution in [2.75, 3.05) is 5.32 Å². The van der Waals surface area contributed by atoms with Crippen LogP contribution in [0, 0.1) is 11.3 Å². The van der Waals surface area contributed by atoms with Gasteiger partial charge in [-0.05, 0) is 58.4 Å². The van der Waals surface area contributed by atoms with E-state index in [-0.39, 0.29) is 5.91 Å². The van der Waals surface area contributed by atoms with Crippen LogP contribution in [0.5, 0.6) is 0 Å². The van der Waals surface area contributed by atoms with Crippen molar-refractivity contribution < 1.29 is 4.79 Å². The van der Waals surface area contributed by atoms with E-state index < -0.39 is 0 Å². The minimum atomic E-state index is -0.219. The molecule has 0 unspecified atom stereocenters. The molecule has 1 N–H and O–H groups in total. The molecule has 0 aliphatic carbocycles. The zero-order chi connectivity index (χ0) is 13.8. The molecule has 0 saturated carbocycles. The highest BCUT2D eigenvalue weighted by Crippen LogP contribution is 2.26. The van der Waals surface area contributed by atoms with Crippen LogP contribution < -0.4 is 5.32 Å². The van der Waals surface area contributed by atoms with Crippen molar-refractivity contribution in [3.8, 4) is 6.07 Å². The van der Waals surface area contributed by atoms with Gasteiger partial charge in [-0.3, -0.25) is 4.79 Å². The van der Waals surface area contributed by atoms with Gasteiger partial charge >= 0.3 is 0 Å². The van der Waals surface area contributed by atoms with Gasteiger partial charge in [0.15, 0.2) is 0 Å². The molecule has 0 aromatic heterocycles. The molecule has 1 amide bonds. The van der Waals surface area contributed by atoms with Crippen LogP contribution in [0.25, 0.3) is 0 Å². The van der Waals surface area contributed by atoms with E-state index in [0.29, 0.717) is 16.8 Å². The summed E-state index contributed by atoms with van der Waals surface area (Å²) in [5.74, 6) is -0.219. The van der Waals surface area contributed by atoms with Crippen LogP contribution in [0.1, 0.15) is 15.9 Å². The summed E-state index contributed by atoms with van der Waals surface area (Å²) < 4.78 is 1.68. The fourth-order valence-corrected chi connectivity index (χ4v) is 2.19. The summed E-state index contributed by atoms with van der Waals surface area (Å²) >= 11 is 6.73. The molecule has 0 spiro atoms. The lowest BCUT2D eigenvalue weighted by molar-refractivity contribution is 0.102. The first-order chi connectivity index (χ1) is 9.10. The number of amides is 1. The Balaban J connectivity index is 2.21. The van der Waals surface area contributed by atoms with Crippen LogP contribution in [0.4, 0.5) is 5.69 Å². The largest absolute Gasteiger partial charge is 0.321 e. The van der Waals surface area contributed by atoms with Gasteiger partial charge in [0.05, 0.1) is 17.3 Å². The lowest BCUT2D eigenvalue weighted by Crippen LogP contribution is -2.12. The molecule has 0 radical (unpaired) electrons. The monoisotopic (exact) mass is 378 g/mol. The maximum Gasteiger partial charge on any atom is 0.255 e. The van der Waals surface area contributed by atoms with Gasteiger partial charge in [0, 0.05) is 14.5 Å². The molecule has 0 bridgehead atoms. The number of halogens is 2. The number of carbonyl (C=O) groups excluding carboxylic acids is 1. The Morgan fingerprint density at radius 3 is 2.42 bits per heavy atom. The molecule has 0 saturated heterocycles. The number of anilines is 1. The van der Waals surface area contributed by atoms with E-state index >= 15 is 0 Å². The number of nitriles is 1. The molecule has 2 aromatic carbocycles. The lowest BCUT2D eigenvalue weighted by Gasteiger charge is -2.08. The summed E-state index contributed by atoms with van der Waals surface area (Å²) in [7, 11) is 0. The van der Waals surface area contributed by atoms with Crippen molar-refractivity contribution in [1.29, 1.82) is 5.26 Å². The van der Waals surface area contributed by atoms with Crippen LogP contribution in [0.2, 0.25) is 0 Å². The average Bonchev–Trinajstić information content (AvgIpc) is 2.43. The number of nitrogens with zero attached hydrogens (tertiary/aromatic N) is 1. The zero-order valence-corrected chi connectivity index (χ0v) is 12.8. The predicted octanol–water partition coefficient (Wildman–Crippen LogP) is 4.34. The van der Waals surface area contributed by atoms with Crippen molar-refractivity contribution in [3.63, 3.8) is 0 Å². The van der Waals surface area contributed by atoms with Gasteiger partial charge in [-0.15, -0.1) is 0 Å². The van der Waals surface area contributed by atoms with Gasteiger partial charge in [0.25, 0.3) is 5.91 Å². The molecule has 5 heteroatoms. The third kappa shape index (κ3) is 3.43. The number of benzene rings is 2. The zero-order valence-electron chi connectivity index (χ0n) is 9.65. The minimum Gasteiger partial charge on any atom is -0.321 e. The van der Waals surface area contributed by atoms with Crippen LogP contribution in [-0.2, 0) is 0 Å².